The highest BCUT2D eigenvalue weighted by Gasteiger charge is 2.18. The van der Waals surface area contributed by atoms with Gasteiger partial charge >= 0.3 is 0 Å². The summed E-state index contributed by atoms with van der Waals surface area (Å²) in [5.41, 5.74) is 1.86. The Kier molecular flexibility index (Phi) is 4.19. The second-order valence-electron chi connectivity index (χ2n) is 5.66. The van der Waals surface area contributed by atoms with Crippen molar-refractivity contribution in [2.24, 2.45) is 0 Å². The first-order chi connectivity index (χ1) is 12.2. The quantitative estimate of drug-likeness (QED) is 0.388. The van der Waals surface area contributed by atoms with E-state index in [0.717, 1.165) is 27.3 Å². The van der Waals surface area contributed by atoms with Crippen molar-refractivity contribution < 1.29 is 4.42 Å². The molecule has 0 radical (unpaired) electrons. The molecule has 2 aromatic heterocycles. The highest BCUT2D eigenvalue weighted by atomic mass is 32.2. The van der Waals surface area contributed by atoms with Crippen LogP contribution in [0.15, 0.2) is 64.0 Å². The standard InChI is InChI=1S/C19H16N4OS/c1-12(17-22-23-18(24-17)14-8-4-3-5-9-14)25-19-15-10-6-7-11-16(15)20-13(2)21-19/h3-12H,1-2H3. The molecule has 6 heteroatoms. The van der Waals surface area contributed by atoms with Crippen LogP contribution in [-0.4, -0.2) is 20.2 Å². The molecule has 0 aliphatic heterocycles. The van der Waals surface area contributed by atoms with Gasteiger partial charge in [0.1, 0.15) is 10.9 Å². The van der Waals surface area contributed by atoms with E-state index in [-0.39, 0.29) is 5.25 Å². The Morgan fingerprint density at radius 3 is 2.52 bits per heavy atom. The molecule has 0 aliphatic carbocycles. The van der Waals surface area contributed by atoms with Crippen molar-refractivity contribution in [1.82, 2.24) is 20.2 Å². The van der Waals surface area contributed by atoms with Gasteiger partial charge in [0.2, 0.25) is 11.8 Å². The number of hydrogen-bond acceptors (Lipinski definition) is 6. The second-order valence-corrected chi connectivity index (χ2v) is 6.99. The molecule has 4 aromatic rings. The third-order valence-corrected chi connectivity index (χ3v) is 4.87. The summed E-state index contributed by atoms with van der Waals surface area (Å²) in [7, 11) is 0. The number of fused-ring (bicyclic) bond motifs is 1. The lowest BCUT2D eigenvalue weighted by Crippen LogP contribution is -1.95. The summed E-state index contributed by atoms with van der Waals surface area (Å²) in [5, 5.41) is 10.3. The van der Waals surface area contributed by atoms with Gasteiger partial charge in [-0.2, -0.15) is 0 Å². The Hall–Kier alpha value is -2.73. The average molecular weight is 348 g/mol. The van der Waals surface area contributed by atoms with Crippen LogP contribution in [0.3, 0.4) is 0 Å². The van der Waals surface area contributed by atoms with Crippen LogP contribution in [-0.2, 0) is 0 Å². The van der Waals surface area contributed by atoms with Crippen LogP contribution in [0.25, 0.3) is 22.4 Å². The van der Waals surface area contributed by atoms with Crippen molar-refractivity contribution in [2.45, 2.75) is 24.1 Å². The molecule has 4 rings (SSSR count). The van der Waals surface area contributed by atoms with E-state index in [0.29, 0.717) is 11.8 Å². The minimum Gasteiger partial charge on any atom is -0.419 e. The molecule has 1 unspecified atom stereocenters. The highest BCUT2D eigenvalue weighted by Crippen LogP contribution is 2.37. The van der Waals surface area contributed by atoms with Gasteiger partial charge < -0.3 is 4.42 Å². The Balaban J connectivity index is 1.63. The average Bonchev–Trinajstić information content (AvgIpc) is 3.12. The van der Waals surface area contributed by atoms with Crippen LogP contribution in [0.1, 0.15) is 23.9 Å². The van der Waals surface area contributed by atoms with Crippen LogP contribution in [0.2, 0.25) is 0 Å². The SMILES string of the molecule is Cc1nc(SC(C)c2nnc(-c3ccccc3)o2)c2ccccc2n1. The van der Waals surface area contributed by atoms with Crippen molar-refractivity contribution in [3.05, 3.63) is 66.3 Å². The fourth-order valence-electron chi connectivity index (χ4n) is 2.56. The number of aryl methyl sites for hydroxylation is 1. The van der Waals surface area contributed by atoms with E-state index in [1.807, 2.05) is 68.4 Å². The van der Waals surface area contributed by atoms with Gasteiger partial charge in [0.05, 0.1) is 10.8 Å². The number of para-hydroxylation sites is 1. The predicted molar refractivity (Wildman–Crippen MR) is 98.3 cm³/mol. The number of aromatic nitrogens is 4. The fraction of sp³-hybridized carbons (Fsp3) is 0.158. The van der Waals surface area contributed by atoms with Crippen LogP contribution in [0.4, 0.5) is 0 Å². The Morgan fingerprint density at radius 1 is 0.920 bits per heavy atom. The first kappa shape index (κ1) is 15.8. The van der Waals surface area contributed by atoms with E-state index in [9.17, 15) is 0 Å². The molecule has 0 spiro atoms. The Bertz CT molecular complexity index is 1020. The number of hydrogen-bond donors (Lipinski definition) is 0. The summed E-state index contributed by atoms with van der Waals surface area (Å²) in [6.07, 6.45) is 0. The van der Waals surface area contributed by atoms with Gasteiger partial charge in [-0.1, -0.05) is 48.2 Å². The monoisotopic (exact) mass is 348 g/mol. The van der Waals surface area contributed by atoms with Crippen molar-refractivity contribution in [2.75, 3.05) is 0 Å². The topological polar surface area (TPSA) is 64.7 Å². The smallest absolute Gasteiger partial charge is 0.247 e. The van der Waals surface area contributed by atoms with Crippen molar-refractivity contribution >= 4 is 22.7 Å². The zero-order chi connectivity index (χ0) is 17.2. The number of benzene rings is 2. The molecule has 2 aromatic carbocycles. The molecule has 1 atom stereocenters. The highest BCUT2D eigenvalue weighted by molar-refractivity contribution is 7.99. The molecule has 25 heavy (non-hydrogen) atoms. The lowest BCUT2D eigenvalue weighted by Gasteiger charge is -2.09. The van der Waals surface area contributed by atoms with Gasteiger partial charge in [-0.15, -0.1) is 10.2 Å². The molecule has 124 valence electrons. The lowest BCUT2D eigenvalue weighted by atomic mass is 10.2. The minimum absolute atomic E-state index is 0.0114. The van der Waals surface area contributed by atoms with E-state index >= 15 is 0 Å². The zero-order valence-electron chi connectivity index (χ0n) is 13.9. The lowest BCUT2D eigenvalue weighted by molar-refractivity contribution is 0.509. The molecule has 0 N–H and O–H groups in total. The predicted octanol–water partition coefficient (Wildman–Crippen LogP) is 4.84. The largest absolute Gasteiger partial charge is 0.419 e. The molecule has 0 saturated carbocycles. The third-order valence-electron chi connectivity index (χ3n) is 3.78. The number of rotatable bonds is 4. The molecular weight excluding hydrogens is 332 g/mol. The second kappa shape index (κ2) is 6.64. The summed E-state index contributed by atoms with van der Waals surface area (Å²) in [5.74, 6) is 1.87. The zero-order valence-corrected chi connectivity index (χ0v) is 14.7. The summed E-state index contributed by atoms with van der Waals surface area (Å²) in [6, 6.07) is 17.8. The van der Waals surface area contributed by atoms with Gasteiger partial charge in [-0.25, -0.2) is 9.97 Å². The first-order valence-corrected chi connectivity index (χ1v) is 8.87. The Labute approximate surface area is 149 Å². The molecule has 0 fully saturated rings. The van der Waals surface area contributed by atoms with E-state index in [1.54, 1.807) is 11.8 Å². The first-order valence-electron chi connectivity index (χ1n) is 7.99. The maximum absolute atomic E-state index is 5.86. The maximum atomic E-state index is 5.86. The summed E-state index contributed by atoms with van der Waals surface area (Å²) in [6.45, 7) is 3.94. The van der Waals surface area contributed by atoms with Gasteiger partial charge in [-0.05, 0) is 32.0 Å². The van der Waals surface area contributed by atoms with Crippen LogP contribution < -0.4 is 0 Å². The van der Waals surface area contributed by atoms with Gasteiger partial charge in [0.15, 0.2) is 0 Å². The van der Waals surface area contributed by atoms with E-state index in [1.165, 1.54) is 0 Å². The molecule has 0 amide bonds. The molecule has 0 saturated heterocycles. The van der Waals surface area contributed by atoms with Crippen molar-refractivity contribution in [3.63, 3.8) is 0 Å². The van der Waals surface area contributed by atoms with Crippen molar-refractivity contribution in [3.8, 4) is 11.5 Å². The van der Waals surface area contributed by atoms with Gasteiger partial charge in [-0.3, -0.25) is 0 Å². The van der Waals surface area contributed by atoms with Gasteiger partial charge in [0.25, 0.3) is 0 Å². The third kappa shape index (κ3) is 3.25. The van der Waals surface area contributed by atoms with E-state index in [2.05, 4.69) is 20.2 Å². The number of thioether (sulfide) groups is 1. The van der Waals surface area contributed by atoms with Gasteiger partial charge in [0, 0.05) is 10.9 Å². The van der Waals surface area contributed by atoms with E-state index in [4.69, 9.17) is 4.42 Å². The summed E-state index contributed by atoms with van der Waals surface area (Å²) in [4.78, 5) is 9.08. The Morgan fingerprint density at radius 2 is 1.68 bits per heavy atom. The van der Waals surface area contributed by atoms with Crippen LogP contribution in [0.5, 0.6) is 0 Å². The molecule has 2 heterocycles. The normalized spacial score (nSPS) is 12.4. The maximum Gasteiger partial charge on any atom is 0.247 e. The molecule has 0 bridgehead atoms. The summed E-state index contributed by atoms with van der Waals surface area (Å²) >= 11 is 1.60. The van der Waals surface area contributed by atoms with Crippen LogP contribution >= 0.6 is 11.8 Å². The van der Waals surface area contributed by atoms with Crippen LogP contribution in [0, 0.1) is 6.92 Å². The molecular formula is C19H16N4OS. The summed E-state index contributed by atoms with van der Waals surface area (Å²) < 4.78 is 5.86. The van der Waals surface area contributed by atoms with Crippen molar-refractivity contribution in [1.29, 1.82) is 0 Å². The minimum atomic E-state index is -0.0114. The van der Waals surface area contributed by atoms with E-state index < -0.39 is 0 Å². The molecule has 5 nitrogen and oxygen atoms in total. The number of nitrogens with zero attached hydrogens (tertiary/aromatic N) is 4. The fourth-order valence-corrected chi connectivity index (χ4v) is 3.58. The molecule has 0 aliphatic rings.